The summed E-state index contributed by atoms with van der Waals surface area (Å²) < 4.78 is 23.6. The predicted molar refractivity (Wildman–Crippen MR) is 79.5 cm³/mol. The largest absolute Gasteiger partial charge is 0.505 e. The average molecular weight is 316 g/mol. The van der Waals surface area contributed by atoms with Crippen LogP contribution in [-0.2, 0) is 9.84 Å². The molecule has 0 aromatic heterocycles. The molecule has 8 heteroatoms. The summed E-state index contributed by atoms with van der Waals surface area (Å²) in [6.45, 7) is 0.329. The zero-order valence-electron chi connectivity index (χ0n) is 10.9. The second-order valence-electron chi connectivity index (χ2n) is 4.60. The summed E-state index contributed by atoms with van der Waals surface area (Å²) >= 11 is 1.49. The van der Waals surface area contributed by atoms with Gasteiger partial charge < -0.3 is 15.7 Å². The zero-order valence-corrected chi connectivity index (χ0v) is 12.6. The average Bonchev–Trinajstić information content (AvgIpc) is 2.40. The normalized spacial score (nSPS) is 19.9. The summed E-state index contributed by atoms with van der Waals surface area (Å²) in [5.41, 5.74) is 5.69. The van der Waals surface area contributed by atoms with Crippen molar-refractivity contribution in [1.82, 2.24) is 4.90 Å². The summed E-state index contributed by atoms with van der Waals surface area (Å²) in [5, 5.41) is 8.99. The van der Waals surface area contributed by atoms with E-state index in [2.05, 4.69) is 0 Å². The van der Waals surface area contributed by atoms with E-state index in [9.17, 15) is 18.3 Å². The highest BCUT2D eigenvalue weighted by Crippen LogP contribution is 2.28. The lowest BCUT2D eigenvalue weighted by atomic mass is 10.1. The van der Waals surface area contributed by atoms with Crippen molar-refractivity contribution in [1.29, 1.82) is 0 Å². The van der Waals surface area contributed by atoms with E-state index in [4.69, 9.17) is 5.73 Å². The van der Waals surface area contributed by atoms with Crippen LogP contribution >= 0.6 is 11.8 Å². The van der Waals surface area contributed by atoms with Crippen LogP contribution in [0.4, 0.5) is 5.69 Å². The molecular weight excluding hydrogens is 300 g/mol. The molecule has 2 rings (SSSR count). The Bertz CT molecular complexity index is 630. The standard InChI is InChI=1S/C12H16N2O4S2/c1-20(17,18)10-7-19-6-5-14(10)12(16)8-3-2-4-9(13)11(8)15/h2-4,10,15H,5-7,13H2,1H3. The summed E-state index contributed by atoms with van der Waals surface area (Å²) in [4.78, 5) is 13.8. The van der Waals surface area contributed by atoms with Gasteiger partial charge in [-0.15, -0.1) is 0 Å². The first kappa shape index (κ1) is 15.0. The highest BCUT2D eigenvalue weighted by Gasteiger charge is 2.35. The summed E-state index contributed by atoms with van der Waals surface area (Å²) in [5.74, 6) is 0.197. The molecule has 1 aliphatic heterocycles. The predicted octanol–water partition coefficient (Wildman–Crippen LogP) is 0.534. The van der Waals surface area contributed by atoms with Crippen molar-refractivity contribution in [2.24, 2.45) is 0 Å². The van der Waals surface area contributed by atoms with Crippen LogP contribution < -0.4 is 5.73 Å². The number of benzene rings is 1. The Kier molecular flexibility index (Phi) is 4.14. The summed E-state index contributed by atoms with van der Waals surface area (Å²) in [6, 6.07) is 4.47. The van der Waals surface area contributed by atoms with Crippen LogP contribution in [0.15, 0.2) is 18.2 Å². The fourth-order valence-electron chi connectivity index (χ4n) is 2.06. The third kappa shape index (κ3) is 2.85. The molecule has 1 saturated heterocycles. The Morgan fingerprint density at radius 3 is 2.85 bits per heavy atom. The van der Waals surface area contributed by atoms with Crippen molar-refractivity contribution in [3.05, 3.63) is 23.8 Å². The zero-order chi connectivity index (χ0) is 14.9. The van der Waals surface area contributed by atoms with Crippen molar-refractivity contribution < 1.29 is 18.3 Å². The Morgan fingerprint density at radius 1 is 1.50 bits per heavy atom. The molecule has 20 heavy (non-hydrogen) atoms. The lowest BCUT2D eigenvalue weighted by Crippen LogP contribution is -2.49. The van der Waals surface area contributed by atoms with Crippen LogP contribution in [0.25, 0.3) is 0 Å². The maximum Gasteiger partial charge on any atom is 0.258 e. The van der Waals surface area contributed by atoms with E-state index in [0.717, 1.165) is 6.26 Å². The molecule has 1 fully saturated rings. The molecule has 0 aliphatic carbocycles. The quantitative estimate of drug-likeness (QED) is 0.610. The number of carbonyl (C=O) groups excluding carboxylic acids is 1. The molecule has 110 valence electrons. The van der Waals surface area contributed by atoms with Gasteiger partial charge in [-0.3, -0.25) is 4.79 Å². The number of anilines is 1. The number of hydrogen-bond donors (Lipinski definition) is 2. The number of sulfone groups is 1. The third-order valence-electron chi connectivity index (χ3n) is 3.14. The SMILES string of the molecule is CS(=O)(=O)C1CSCCN1C(=O)c1cccc(N)c1O. The van der Waals surface area contributed by atoms with Gasteiger partial charge in [-0.05, 0) is 12.1 Å². The van der Waals surface area contributed by atoms with Crippen LogP contribution in [0.1, 0.15) is 10.4 Å². The maximum absolute atomic E-state index is 12.5. The number of phenolic OH excluding ortho intramolecular Hbond substituents is 1. The summed E-state index contributed by atoms with van der Waals surface area (Å²) in [6.07, 6.45) is 1.11. The molecule has 1 aromatic carbocycles. The molecule has 1 amide bonds. The van der Waals surface area contributed by atoms with Gasteiger partial charge in [0.25, 0.3) is 5.91 Å². The van der Waals surface area contributed by atoms with Crippen molar-refractivity contribution in [3.8, 4) is 5.75 Å². The molecule has 1 unspecified atom stereocenters. The number of aromatic hydroxyl groups is 1. The van der Waals surface area contributed by atoms with Gasteiger partial charge in [-0.25, -0.2) is 8.42 Å². The van der Waals surface area contributed by atoms with Gasteiger partial charge in [-0.2, -0.15) is 11.8 Å². The number of thioether (sulfide) groups is 1. The highest BCUT2D eigenvalue weighted by atomic mass is 32.2. The Balaban J connectivity index is 2.38. The van der Waals surface area contributed by atoms with E-state index >= 15 is 0 Å². The van der Waals surface area contributed by atoms with E-state index in [0.29, 0.717) is 18.1 Å². The molecule has 1 aliphatic rings. The van der Waals surface area contributed by atoms with Crippen molar-refractivity contribution in [3.63, 3.8) is 0 Å². The minimum absolute atomic E-state index is 0.0329. The number of nitrogens with zero attached hydrogens (tertiary/aromatic N) is 1. The topological polar surface area (TPSA) is 101 Å². The van der Waals surface area contributed by atoms with Gasteiger partial charge in [0.2, 0.25) is 0 Å². The number of para-hydroxylation sites is 1. The molecule has 1 aromatic rings. The van der Waals surface area contributed by atoms with Crippen molar-refractivity contribution in [2.45, 2.75) is 5.37 Å². The van der Waals surface area contributed by atoms with Crippen LogP contribution in [0.3, 0.4) is 0 Å². The number of hydrogen-bond acceptors (Lipinski definition) is 6. The van der Waals surface area contributed by atoms with E-state index in [1.165, 1.54) is 28.8 Å². The van der Waals surface area contributed by atoms with Crippen LogP contribution in [0.2, 0.25) is 0 Å². The molecule has 0 saturated carbocycles. The number of nitrogens with two attached hydrogens (primary N) is 1. The Labute approximate surface area is 121 Å². The molecule has 1 heterocycles. The number of nitrogen functional groups attached to an aromatic ring is 1. The molecule has 0 radical (unpaired) electrons. The van der Waals surface area contributed by atoms with Crippen LogP contribution in [0, 0.1) is 0 Å². The first-order valence-electron chi connectivity index (χ1n) is 5.97. The monoisotopic (exact) mass is 316 g/mol. The van der Waals surface area contributed by atoms with E-state index < -0.39 is 21.1 Å². The smallest absolute Gasteiger partial charge is 0.258 e. The van der Waals surface area contributed by atoms with Gasteiger partial charge in [0, 0.05) is 24.3 Å². The van der Waals surface area contributed by atoms with E-state index in [1.54, 1.807) is 6.07 Å². The minimum atomic E-state index is -3.38. The highest BCUT2D eigenvalue weighted by molar-refractivity contribution is 8.00. The Hall–Kier alpha value is -1.41. The molecule has 0 bridgehead atoms. The van der Waals surface area contributed by atoms with E-state index in [-0.39, 0.29) is 17.0 Å². The number of amides is 1. The van der Waals surface area contributed by atoms with Gasteiger partial charge >= 0.3 is 0 Å². The molecule has 6 nitrogen and oxygen atoms in total. The van der Waals surface area contributed by atoms with Crippen molar-refractivity contribution >= 4 is 33.2 Å². The molecule has 1 atom stereocenters. The van der Waals surface area contributed by atoms with Crippen LogP contribution in [-0.4, -0.2) is 54.0 Å². The minimum Gasteiger partial charge on any atom is -0.505 e. The van der Waals surface area contributed by atoms with Crippen molar-refractivity contribution in [2.75, 3.05) is 30.0 Å². The van der Waals surface area contributed by atoms with E-state index in [1.807, 2.05) is 0 Å². The fraction of sp³-hybridized carbons (Fsp3) is 0.417. The molecular formula is C12H16N2O4S2. The van der Waals surface area contributed by atoms with Crippen LogP contribution in [0.5, 0.6) is 5.75 Å². The number of rotatable bonds is 2. The molecule has 3 N–H and O–H groups in total. The van der Waals surface area contributed by atoms with Gasteiger partial charge in [-0.1, -0.05) is 6.07 Å². The second kappa shape index (κ2) is 5.53. The third-order valence-corrected chi connectivity index (χ3v) is 5.78. The fourth-order valence-corrected chi connectivity index (χ4v) is 4.87. The second-order valence-corrected chi connectivity index (χ2v) is 7.95. The first-order valence-corrected chi connectivity index (χ1v) is 9.08. The first-order chi connectivity index (χ1) is 9.32. The van der Waals surface area contributed by atoms with Gasteiger partial charge in [0.05, 0.1) is 11.3 Å². The van der Waals surface area contributed by atoms with Gasteiger partial charge in [0.1, 0.15) is 5.37 Å². The lowest BCUT2D eigenvalue weighted by molar-refractivity contribution is 0.0746. The molecule has 0 spiro atoms. The maximum atomic E-state index is 12.5. The Morgan fingerprint density at radius 2 is 2.20 bits per heavy atom. The van der Waals surface area contributed by atoms with Gasteiger partial charge in [0.15, 0.2) is 15.6 Å². The number of carbonyl (C=O) groups is 1. The lowest BCUT2D eigenvalue weighted by Gasteiger charge is -2.34. The number of phenols is 1. The summed E-state index contributed by atoms with van der Waals surface area (Å²) in [7, 11) is -3.38.